The SMILES string of the molecule is O=C1CC(F)Oc2ccccc21. The molecule has 1 aliphatic rings. The fourth-order valence-corrected chi connectivity index (χ4v) is 1.23. The van der Waals surface area contributed by atoms with Crippen LogP contribution in [-0.2, 0) is 0 Å². The molecule has 1 heterocycles. The maximum absolute atomic E-state index is 12.7. The molecule has 12 heavy (non-hydrogen) atoms. The monoisotopic (exact) mass is 166 g/mol. The highest BCUT2D eigenvalue weighted by Gasteiger charge is 2.24. The van der Waals surface area contributed by atoms with Crippen LogP contribution >= 0.6 is 0 Å². The van der Waals surface area contributed by atoms with E-state index in [-0.39, 0.29) is 12.2 Å². The van der Waals surface area contributed by atoms with Gasteiger partial charge in [-0.1, -0.05) is 12.1 Å². The number of para-hydroxylation sites is 1. The van der Waals surface area contributed by atoms with Crippen LogP contribution in [0.25, 0.3) is 0 Å². The first-order valence-electron chi connectivity index (χ1n) is 3.70. The van der Waals surface area contributed by atoms with Crippen molar-refractivity contribution in [1.29, 1.82) is 0 Å². The molecule has 0 N–H and O–H groups in total. The molecule has 1 atom stereocenters. The fraction of sp³-hybridized carbons (Fsp3) is 0.222. The van der Waals surface area contributed by atoms with Crippen LogP contribution in [0.1, 0.15) is 16.8 Å². The molecular weight excluding hydrogens is 159 g/mol. The summed E-state index contributed by atoms with van der Waals surface area (Å²) in [6.07, 6.45) is -1.65. The van der Waals surface area contributed by atoms with Gasteiger partial charge in [0.05, 0.1) is 12.0 Å². The molecule has 0 bridgehead atoms. The standard InChI is InChI=1S/C9H7FO2/c10-9-5-7(11)6-3-1-2-4-8(6)12-9/h1-4,9H,5H2. The maximum atomic E-state index is 12.7. The minimum atomic E-state index is -1.48. The Hall–Kier alpha value is -1.38. The molecule has 0 aromatic heterocycles. The van der Waals surface area contributed by atoms with E-state index in [9.17, 15) is 9.18 Å². The molecular formula is C9H7FO2. The van der Waals surface area contributed by atoms with Gasteiger partial charge in [0.1, 0.15) is 5.75 Å². The normalized spacial score (nSPS) is 21.4. The summed E-state index contributed by atoms with van der Waals surface area (Å²) >= 11 is 0. The average molecular weight is 166 g/mol. The second-order valence-corrected chi connectivity index (χ2v) is 2.65. The van der Waals surface area contributed by atoms with Crippen molar-refractivity contribution in [2.24, 2.45) is 0 Å². The Labute approximate surface area is 69.0 Å². The van der Waals surface area contributed by atoms with E-state index in [1.807, 2.05) is 0 Å². The van der Waals surface area contributed by atoms with E-state index in [0.29, 0.717) is 11.3 Å². The number of Topliss-reactive ketones (excluding diaryl/α,β-unsaturated/α-hetero) is 1. The van der Waals surface area contributed by atoms with Gasteiger partial charge >= 0.3 is 0 Å². The minimum absolute atomic E-state index is 0.170. The zero-order valence-electron chi connectivity index (χ0n) is 6.29. The predicted molar refractivity (Wildman–Crippen MR) is 40.9 cm³/mol. The number of hydrogen-bond donors (Lipinski definition) is 0. The van der Waals surface area contributed by atoms with Crippen LogP contribution in [0.15, 0.2) is 24.3 Å². The molecule has 3 heteroatoms. The largest absolute Gasteiger partial charge is 0.459 e. The number of benzene rings is 1. The summed E-state index contributed by atoms with van der Waals surface area (Å²) < 4.78 is 17.5. The van der Waals surface area contributed by atoms with Gasteiger partial charge in [-0.05, 0) is 12.1 Å². The van der Waals surface area contributed by atoms with Gasteiger partial charge in [-0.15, -0.1) is 0 Å². The lowest BCUT2D eigenvalue weighted by atomic mass is 10.1. The third-order valence-corrected chi connectivity index (χ3v) is 1.79. The lowest BCUT2D eigenvalue weighted by molar-refractivity contribution is 0.0420. The van der Waals surface area contributed by atoms with E-state index in [0.717, 1.165) is 0 Å². The van der Waals surface area contributed by atoms with Crippen molar-refractivity contribution in [3.8, 4) is 5.75 Å². The van der Waals surface area contributed by atoms with Crippen molar-refractivity contribution >= 4 is 5.78 Å². The van der Waals surface area contributed by atoms with E-state index < -0.39 is 6.36 Å². The highest BCUT2D eigenvalue weighted by atomic mass is 19.1. The van der Waals surface area contributed by atoms with E-state index in [4.69, 9.17) is 4.74 Å². The molecule has 1 aromatic rings. The molecule has 2 rings (SSSR count). The van der Waals surface area contributed by atoms with Crippen LogP contribution in [-0.4, -0.2) is 12.1 Å². The topological polar surface area (TPSA) is 26.3 Å². The number of rotatable bonds is 0. The predicted octanol–water partition coefficient (Wildman–Crippen LogP) is 1.95. The maximum Gasteiger partial charge on any atom is 0.245 e. The van der Waals surface area contributed by atoms with E-state index in [1.54, 1.807) is 24.3 Å². The summed E-state index contributed by atoms with van der Waals surface area (Å²) in [5.74, 6) is 0.158. The van der Waals surface area contributed by atoms with Crippen molar-refractivity contribution < 1.29 is 13.9 Å². The molecule has 0 aliphatic carbocycles. The first-order valence-corrected chi connectivity index (χ1v) is 3.70. The lowest BCUT2D eigenvalue weighted by Crippen LogP contribution is -2.22. The van der Waals surface area contributed by atoms with Crippen molar-refractivity contribution in [2.45, 2.75) is 12.8 Å². The van der Waals surface area contributed by atoms with Crippen LogP contribution in [0.3, 0.4) is 0 Å². The second-order valence-electron chi connectivity index (χ2n) is 2.65. The van der Waals surface area contributed by atoms with Crippen LogP contribution in [0.4, 0.5) is 4.39 Å². The summed E-state index contributed by atoms with van der Waals surface area (Å²) in [5.41, 5.74) is 0.478. The highest BCUT2D eigenvalue weighted by Crippen LogP contribution is 2.27. The Kier molecular flexibility index (Phi) is 1.57. The number of carbonyl (C=O) groups excluding carboxylic acids is 1. The van der Waals surface area contributed by atoms with Crippen LogP contribution in [0.5, 0.6) is 5.75 Å². The molecule has 0 fully saturated rings. The van der Waals surface area contributed by atoms with E-state index in [1.165, 1.54) is 0 Å². The van der Waals surface area contributed by atoms with Crippen molar-refractivity contribution in [1.82, 2.24) is 0 Å². The molecule has 0 spiro atoms. The third-order valence-electron chi connectivity index (χ3n) is 1.79. The number of ketones is 1. The Morgan fingerprint density at radius 1 is 1.42 bits per heavy atom. The number of hydrogen-bond acceptors (Lipinski definition) is 2. The molecule has 1 aromatic carbocycles. The van der Waals surface area contributed by atoms with Gasteiger partial charge in [0, 0.05) is 0 Å². The fourth-order valence-electron chi connectivity index (χ4n) is 1.23. The molecule has 0 saturated heterocycles. The van der Waals surface area contributed by atoms with Gasteiger partial charge < -0.3 is 4.74 Å². The first kappa shape index (κ1) is 7.28. The van der Waals surface area contributed by atoms with Gasteiger partial charge in [0.15, 0.2) is 5.78 Å². The molecule has 0 saturated carbocycles. The Bertz CT molecular complexity index is 322. The summed E-state index contributed by atoms with van der Waals surface area (Å²) in [6, 6.07) is 6.69. The van der Waals surface area contributed by atoms with Crippen LogP contribution in [0.2, 0.25) is 0 Å². The van der Waals surface area contributed by atoms with Gasteiger partial charge in [0.2, 0.25) is 6.36 Å². The minimum Gasteiger partial charge on any atom is -0.459 e. The number of alkyl halides is 1. The quantitative estimate of drug-likeness (QED) is 0.588. The lowest BCUT2D eigenvalue weighted by Gasteiger charge is -2.18. The highest BCUT2D eigenvalue weighted by molar-refractivity contribution is 5.99. The van der Waals surface area contributed by atoms with Crippen LogP contribution in [0, 0.1) is 0 Å². The number of fused-ring (bicyclic) bond motifs is 1. The van der Waals surface area contributed by atoms with Gasteiger partial charge in [-0.3, -0.25) is 4.79 Å². The molecule has 0 radical (unpaired) electrons. The summed E-state index contributed by atoms with van der Waals surface area (Å²) in [4.78, 5) is 11.2. The molecule has 62 valence electrons. The third kappa shape index (κ3) is 1.07. The smallest absolute Gasteiger partial charge is 0.245 e. The number of carbonyl (C=O) groups is 1. The van der Waals surface area contributed by atoms with Crippen molar-refractivity contribution in [2.75, 3.05) is 0 Å². The Morgan fingerprint density at radius 2 is 2.17 bits per heavy atom. The zero-order valence-corrected chi connectivity index (χ0v) is 6.29. The number of halogens is 1. The van der Waals surface area contributed by atoms with Gasteiger partial charge in [-0.2, -0.15) is 0 Å². The molecule has 0 amide bonds. The second kappa shape index (κ2) is 2.59. The summed E-state index contributed by atoms with van der Waals surface area (Å²) in [5, 5.41) is 0. The Morgan fingerprint density at radius 3 is 3.00 bits per heavy atom. The first-order chi connectivity index (χ1) is 5.77. The molecule has 2 nitrogen and oxygen atoms in total. The van der Waals surface area contributed by atoms with Gasteiger partial charge in [0.25, 0.3) is 0 Å². The van der Waals surface area contributed by atoms with Crippen LogP contribution < -0.4 is 4.74 Å². The summed E-state index contributed by atoms with van der Waals surface area (Å²) in [6.45, 7) is 0. The zero-order chi connectivity index (χ0) is 8.55. The average Bonchev–Trinajstić information content (AvgIpc) is 2.04. The van der Waals surface area contributed by atoms with Crippen molar-refractivity contribution in [3.05, 3.63) is 29.8 Å². The van der Waals surface area contributed by atoms with E-state index in [2.05, 4.69) is 0 Å². The molecule has 1 unspecified atom stereocenters. The van der Waals surface area contributed by atoms with Crippen molar-refractivity contribution in [3.63, 3.8) is 0 Å². The van der Waals surface area contributed by atoms with E-state index >= 15 is 0 Å². The number of ether oxygens (including phenoxy) is 1. The Balaban J connectivity index is 2.47. The molecule has 1 aliphatic heterocycles. The summed E-state index contributed by atoms with van der Waals surface area (Å²) in [7, 11) is 0. The van der Waals surface area contributed by atoms with Gasteiger partial charge in [-0.25, -0.2) is 4.39 Å².